The molecule has 0 spiro atoms. The van der Waals surface area contributed by atoms with Gasteiger partial charge in [0.05, 0.1) is 5.69 Å². The maximum atomic E-state index is 4.56. The highest BCUT2D eigenvalue weighted by atomic mass is 79.9. The molecule has 3 aromatic rings. The molecule has 0 saturated carbocycles. The second-order valence-corrected chi connectivity index (χ2v) is 6.46. The van der Waals surface area contributed by atoms with Crippen molar-refractivity contribution in [2.24, 2.45) is 0 Å². The highest BCUT2D eigenvalue weighted by Crippen LogP contribution is 2.24. The molecule has 4 nitrogen and oxygen atoms in total. The van der Waals surface area contributed by atoms with E-state index in [1.807, 2.05) is 43.3 Å². The molecule has 0 radical (unpaired) electrons. The Morgan fingerprint density at radius 1 is 0.958 bits per heavy atom. The van der Waals surface area contributed by atoms with Gasteiger partial charge in [-0.25, -0.2) is 4.98 Å². The van der Waals surface area contributed by atoms with Crippen LogP contribution in [0.15, 0.2) is 59.1 Å². The van der Waals surface area contributed by atoms with Gasteiger partial charge in [-0.15, -0.1) is 0 Å². The van der Waals surface area contributed by atoms with E-state index in [1.165, 1.54) is 11.1 Å². The Bertz CT molecular complexity index is 848. The van der Waals surface area contributed by atoms with Crippen LogP contribution in [-0.2, 0) is 6.54 Å². The van der Waals surface area contributed by atoms with Gasteiger partial charge >= 0.3 is 0 Å². The lowest BCUT2D eigenvalue weighted by atomic mass is 10.1. The average molecular weight is 383 g/mol. The van der Waals surface area contributed by atoms with Crippen molar-refractivity contribution in [3.63, 3.8) is 0 Å². The summed E-state index contributed by atoms with van der Waals surface area (Å²) in [6.45, 7) is 4.81. The Morgan fingerprint density at radius 3 is 2.50 bits per heavy atom. The summed E-state index contributed by atoms with van der Waals surface area (Å²) in [4.78, 5) is 9.02. The molecule has 5 heteroatoms. The van der Waals surface area contributed by atoms with E-state index >= 15 is 0 Å². The molecular formula is C19H19BrN4. The quantitative estimate of drug-likeness (QED) is 0.635. The Hall–Kier alpha value is -2.40. The number of rotatable bonds is 5. The zero-order valence-corrected chi connectivity index (χ0v) is 15.3. The summed E-state index contributed by atoms with van der Waals surface area (Å²) in [6.07, 6.45) is 0. The van der Waals surface area contributed by atoms with E-state index in [1.54, 1.807) is 0 Å². The average Bonchev–Trinajstić information content (AvgIpc) is 2.56. The second-order valence-electron chi connectivity index (χ2n) is 5.60. The molecule has 122 valence electrons. The van der Waals surface area contributed by atoms with Crippen LogP contribution in [0.4, 0.5) is 17.5 Å². The molecule has 0 atom stereocenters. The molecule has 2 N–H and O–H groups in total. The predicted molar refractivity (Wildman–Crippen MR) is 103 cm³/mol. The molecule has 24 heavy (non-hydrogen) atoms. The van der Waals surface area contributed by atoms with Crippen molar-refractivity contribution in [1.29, 1.82) is 0 Å². The molecule has 0 saturated heterocycles. The number of anilines is 3. The lowest BCUT2D eigenvalue weighted by molar-refractivity contribution is 1.05. The highest BCUT2D eigenvalue weighted by molar-refractivity contribution is 9.10. The number of halogens is 1. The Labute approximate surface area is 150 Å². The third kappa shape index (κ3) is 4.11. The van der Waals surface area contributed by atoms with Crippen molar-refractivity contribution < 1.29 is 0 Å². The lowest BCUT2D eigenvalue weighted by Gasteiger charge is -2.12. The van der Waals surface area contributed by atoms with Gasteiger partial charge in [0.1, 0.15) is 5.82 Å². The topological polar surface area (TPSA) is 49.8 Å². The SMILES string of the molecule is Cc1cc(NCc2ccccc2C)nc(Nc2ccccc2Br)n1. The molecule has 1 aromatic heterocycles. The third-order valence-electron chi connectivity index (χ3n) is 3.70. The van der Waals surface area contributed by atoms with Crippen molar-refractivity contribution in [1.82, 2.24) is 9.97 Å². The van der Waals surface area contributed by atoms with Gasteiger partial charge in [-0.2, -0.15) is 4.98 Å². The molecule has 0 aliphatic carbocycles. The summed E-state index contributed by atoms with van der Waals surface area (Å²) < 4.78 is 0.976. The zero-order valence-electron chi connectivity index (χ0n) is 13.7. The normalized spacial score (nSPS) is 10.5. The molecule has 0 bridgehead atoms. The van der Waals surface area contributed by atoms with Crippen LogP contribution in [0.5, 0.6) is 0 Å². The first-order chi connectivity index (χ1) is 11.6. The minimum Gasteiger partial charge on any atom is -0.366 e. The summed E-state index contributed by atoms with van der Waals surface area (Å²) in [5.74, 6) is 1.38. The predicted octanol–water partition coefficient (Wildman–Crippen LogP) is 5.21. The number of nitrogens with one attached hydrogen (secondary N) is 2. The van der Waals surface area contributed by atoms with Crippen molar-refractivity contribution in [2.45, 2.75) is 20.4 Å². The maximum absolute atomic E-state index is 4.56. The number of aromatic nitrogens is 2. The van der Waals surface area contributed by atoms with Gasteiger partial charge < -0.3 is 10.6 Å². The largest absolute Gasteiger partial charge is 0.366 e. The Kier molecular flexibility index (Phi) is 5.11. The minimum absolute atomic E-state index is 0.578. The zero-order chi connectivity index (χ0) is 16.9. The summed E-state index contributed by atoms with van der Waals surface area (Å²) in [6, 6.07) is 18.2. The van der Waals surface area contributed by atoms with Crippen LogP contribution in [0, 0.1) is 13.8 Å². The summed E-state index contributed by atoms with van der Waals surface area (Å²) in [5, 5.41) is 6.63. The van der Waals surface area contributed by atoms with Gasteiger partial charge in [-0.3, -0.25) is 0 Å². The van der Waals surface area contributed by atoms with E-state index in [0.717, 1.165) is 28.2 Å². The molecule has 0 unspecified atom stereocenters. The molecule has 0 fully saturated rings. The molecule has 0 aliphatic heterocycles. The maximum Gasteiger partial charge on any atom is 0.229 e. The molecule has 3 rings (SSSR count). The fourth-order valence-electron chi connectivity index (χ4n) is 2.39. The number of para-hydroxylation sites is 1. The molecular weight excluding hydrogens is 364 g/mol. The number of aryl methyl sites for hydroxylation is 2. The fraction of sp³-hybridized carbons (Fsp3) is 0.158. The van der Waals surface area contributed by atoms with Crippen molar-refractivity contribution >= 4 is 33.4 Å². The summed E-state index contributed by atoms with van der Waals surface area (Å²) in [5.41, 5.74) is 4.37. The van der Waals surface area contributed by atoms with Gasteiger partial charge in [0.15, 0.2) is 0 Å². The van der Waals surface area contributed by atoms with E-state index in [9.17, 15) is 0 Å². The molecule has 2 aromatic carbocycles. The molecule has 1 heterocycles. The van der Waals surface area contributed by atoms with Crippen LogP contribution >= 0.6 is 15.9 Å². The first-order valence-electron chi connectivity index (χ1n) is 7.77. The second kappa shape index (κ2) is 7.45. The smallest absolute Gasteiger partial charge is 0.229 e. The fourth-order valence-corrected chi connectivity index (χ4v) is 2.78. The van der Waals surface area contributed by atoms with Gasteiger partial charge in [-0.05, 0) is 53.0 Å². The highest BCUT2D eigenvalue weighted by Gasteiger charge is 2.05. The van der Waals surface area contributed by atoms with Gasteiger partial charge in [-0.1, -0.05) is 36.4 Å². The third-order valence-corrected chi connectivity index (χ3v) is 4.39. The summed E-state index contributed by atoms with van der Waals surface area (Å²) >= 11 is 3.53. The Balaban J connectivity index is 1.77. The van der Waals surface area contributed by atoms with Gasteiger partial charge in [0.2, 0.25) is 5.95 Å². The lowest BCUT2D eigenvalue weighted by Crippen LogP contribution is -2.06. The van der Waals surface area contributed by atoms with Gasteiger partial charge in [0.25, 0.3) is 0 Å². The van der Waals surface area contributed by atoms with E-state index in [2.05, 4.69) is 61.7 Å². The number of hydrogen-bond acceptors (Lipinski definition) is 4. The van der Waals surface area contributed by atoms with Crippen LogP contribution in [0.3, 0.4) is 0 Å². The molecule has 0 aliphatic rings. The van der Waals surface area contributed by atoms with Crippen LogP contribution in [0.25, 0.3) is 0 Å². The van der Waals surface area contributed by atoms with E-state index < -0.39 is 0 Å². The van der Waals surface area contributed by atoms with Crippen LogP contribution in [-0.4, -0.2) is 9.97 Å². The van der Waals surface area contributed by atoms with Gasteiger partial charge in [0, 0.05) is 22.8 Å². The summed E-state index contributed by atoms with van der Waals surface area (Å²) in [7, 11) is 0. The van der Waals surface area contributed by atoms with E-state index in [-0.39, 0.29) is 0 Å². The van der Waals surface area contributed by atoms with Crippen molar-refractivity contribution in [3.05, 3.63) is 75.9 Å². The van der Waals surface area contributed by atoms with Crippen molar-refractivity contribution in [3.8, 4) is 0 Å². The number of nitrogens with zero attached hydrogens (tertiary/aromatic N) is 2. The van der Waals surface area contributed by atoms with Crippen LogP contribution < -0.4 is 10.6 Å². The standard InChI is InChI=1S/C19H19BrN4/c1-13-7-3-4-8-15(13)12-21-18-11-14(2)22-19(24-18)23-17-10-6-5-9-16(17)20/h3-11H,12H2,1-2H3,(H2,21,22,23,24). The first kappa shape index (κ1) is 16.5. The van der Waals surface area contributed by atoms with Crippen LogP contribution in [0.2, 0.25) is 0 Å². The number of benzene rings is 2. The van der Waals surface area contributed by atoms with Crippen molar-refractivity contribution in [2.75, 3.05) is 10.6 Å². The van der Waals surface area contributed by atoms with E-state index in [4.69, 9.17) is 0 Å². The first-order valence-corrected chi connectivity index (χ1v) is 8.57. The number of hydrogen-bond donors (Lipinski definition) is 2. The van der Waals surface area contributed by atoms with E-state index in [0.29, 0.717) is 5.95 Å². The monoisotopic (exact) mass is 382 g/mol. The molecule has 0 amide bonds. The Morgan fingerprint density at radius 2 is 1.71 bits per heavy atom. The minimum atomic E-state index is 0.578. The van der Waals surface area contributed by atoms with Crippen LogP contribution in [0.1, 0.15) is 16.8 Å².